The van der Waals surface area contributed by atoms with Gasteiger partial charge in [-0.15, -0.1) is 0 Å². The summed E-state index contributed by atoms with van der Waals surface area (Å²) in [5, 5.41) is 9.69. The van der Waals surface area contributed by atoms with E-state index in [1.807, 2.05) is 31.2 Å². The number of carbonyl (C=O) groups is 1. The minimum absolute atomic E-state index is 0.0132. The number of hydrogen-bond donors (Lipinski definition) is 2. The number of aromatic amines is 1. The molecule has 0 unspecified atom stereocenters. The Hall–Kier alpha value is -3.15. The van der Waals surface area contributed by atoms with Crippen LogP contribution in [0.5, 0.6) is 0 Å². The smallest absolute Gasteiger partial charge is 0.251 e. The fourth-order valence-corrected chi connectivity index (χ4v) is 2.67. The maximum absolute atomic E-state index is 12.2. The van der Waals surface area contributed by atoms with E-state index in [1.165, 1.54) is 0 Å². The summed E-state index contributed by atoms with van der Waals surface area (Å²) >= 11 is 0. The van der Waals surface area contributed by atoms with Gasteiger partial charge in [-0.1, -0.05) is 18.2 Å². The highest BCUT2D eigenvalue weighted by molar-refractivity contribution is 5.94. The fraction of sp³-hybridized carbons (Fsp3) is 0.211. The summed E-state index contributed by atoms with van der Waals surface area (Å²) in [7, 11) is 0. The van der Waals surface area contributed by atoms with E-state index in [1.54, 1.807) is 35.0 Å². The molecule has 0 atom stereocenters. The molecule has 0 aliphatic carbocycles. The molecule has 0 aliphatic heterocycles. The lowest BCUT2D eigenvalue weighted by atomic mass is 10.1. The van der Waals surface area contributed by atoms with Crippen LogP contribution in [0.2, 0.25) is 0 Å². The third-order valence-electron chi connectivity index (χ3n) is 4.07. The molecule has 0 saturated carbocycles. The van der Waals surface area contributed by atoms with Gasteiger partial charge in [0.25, 0.3) is 11.5 Å². The summed E-state index contributed by atoms with van der Waals surface area (Å²) in [5.41, 5.74) is 3.41. The predicted octanol–water partition coefficient (Wildman–Crippen LogP) is 2.37. The number of aryl methyl sites for hydroxylation is 1. The van der Waals surface area contributed by atoms with Gasteiger partial charge < -0.3 is 9.88 Å². The van der Waals surface area contributed by atoms with Gasteiger partial charge in [0.15, 0.2) is 0 Å². The van der Waals surface area contributed by atoms with E-state index in [2.05, 4.69) is 15.5 Å². The van der Waals surface area contributed by atoms with Crippen molar-refractivity contribution in [3.8, 4) is 11.3 Å². The van der Waals surface area contributed by atoms with Crippen molar-refractivity contribution in [2.75, 3.05) is 6.54 Å². The van der Waals surface area contributed by atoms with Crippen molar-refractivity contribution in [3.05, 3.63) is 76.3 Å². The van der Waals surface area contributed by atoms with Crippen molar-refractivity contribution in [2.24, 2.45) is 0 Å². The largest absolute Gasteiger partial charge is 0.352 e. The Morgan fingerprint density at radius 1 is 1.16 bits per heavy atom. The van der Waals surface area contributed by atoms with Crippen LogP contribution in [0.3, 0.4) is 0 Å². The molecule has 2 heterocycles. The maximum atomic E-state index is 12.2. The number of rotatable bonds is 6. The Kier molecular flexibility index (Phi) is 5.09. The van der Waals surface area contributed by atoms with Gasteiger partial charge in [-0.05, 0) is 43.2 Å². The second kappa shape index (κ2) is 7.61. The van der Waals surface area contributed by atoms with E-state index in [0.717, 1.165) is 17.0 Å². The Morgan fingerprint density at radius 2 is 1.96 bits per heavy atom. The monoisotopic (exact) mass is 336 g/mol. The number of nitrogens with one attached hydrogen (secondary N) is 2. The molecule has 0 fully saturated rings. The number of carbonyl (C=O) groups excluding carboxylic acids is 1. The normalized spacial score (nSPS) is 10.6. The zero-order chi connectivity index (χ0) is 17.6. The minimum atomic E-state index is -0.117. The molecular weight excluding hydrogens is 316 g/mol. The first-order valence-corrected chi connectivity index (χ1v) is 8.19. The number of amides is 1. The van der Waals surface area contributed by atoms with E-state index in [9.17, 15) is 9.59 Å². The molecule has 3 aromatic rings. The first-order chi connectivity index (χ1) is 12.1. The molecule has 6 heteroatoms. The maximum Gasteiger partial charge on any atom is 0.251 e. The quantitative estimate of drug-likeness (QED) is 0.678. The topological polar surface area (TPSA) is 79.8 Å². The van der Waals surface area contributed by atoms with Crippen LogP contribution in [-0.2, 0) is 6.54 Å². The fourth-order valence-electron chi connectivity index (χ4n) is 2.67. The van der Waals surface area contributed by atoms with Crippen molar-refractivity contribution in [2.45, 2.75) is 19.9 Å². The van der Waals surface area contributed by atoms with Crippen LogP contribution in [0.4, 0.5) is 0 Å². The molecule has 0 saturated heterocycles. The molecule has 2 N–H and O–H groups in total. The third-order valence-corrected chi connectivity index (χ3v) is 4.07. The Morgan fingerprint density at radius 3 is 2.64 bits per heavy atom. The highest BCUT2D eigenvalue weighted by atomic mass is 16.1. The van der Waals surface area contributed by atoms with E-state index < -0.39 is 0 Å². The number of benzene rings is 1. The number of hydrogen-bond acceptors (Lipinski definition) is 3. The van der Waals surface area contributed by atoms with E-state index in [0.29, 0.717) is 25.1 Å². The zero-order valence-corrected chi connectivity index (χ0v) is 14.0. The van der Waals surface area contributed by atoms with Crippen LogP contribution < -0.4 is 10.9 Å². The standard InChI is InChI=1S/C19H20N4O2/c1-14-4-2-5-18(24)23(14)13-3-11-20-19(25)16-8-6-15(7-9-16)17-10-12-21-22-17/h2,4-10,12H,3,11,13H2,1H3,(H,20,25)(H,21,22). The summed E-state index contributed by atoms with van der Waals surface area (Å²) in [6.07, 6.45) is 2.39. The average molecular weight is 336 g/mol. The van der Waals surface area contributed by atoms with Crippen LogP contribution in [-0.4, -0.2) is 27.2 Å². The lowest BCUT2D eigenvalue weighted by Crippen LogP contribution is -2.27. The summed E-state index contributed by atoms with van der Waals surface area (Å²) in [4.78, 5) is 24.0. The van der Waals surface area contributed by atoms with Gasteiger partial charge in [-0.2, -0.15) is 5.10 Å². The van der Waals surface area contributed by atoms with Crippen molar-refractivity contribution in [3.63, 3.8) is 0 Å². The van der Waals surface area contributed by atoms with Crippen LogP contribution in [0.1, 0.15) is 22.5 Å². The number of H-pyrrole nitrogens is 1. The average Bonchev–Trinajstić information content (AvgIpc) is 3.15. The van der Waals surface area contributed by atoms with Gasteiger partial charge in [0.05, 0.1) is 5.69 Å². The van der Waals surface area contributed by atoms with Crippen LogP contribution >= 0.6 is 0 Å². The van der Waals surface area contributed by atoms with Gasteiger partial charge in [0.2, 0.25) is 0 Å². The van der Waals surface area contributed by atoms with Crippen molar-refractivity contribution >= 4 is 5.91 Å². The lowest BCUT2D eigenvalue weighted by Gasteiger charge is -2.10. The first-order valence-electron chi connectivity index (χ1n) is 8.19. The highest BCUT2D eigenvalue weighted by Crippen LogP contribution is 2.16. The SMILES string of the molecule is Cc1cccc(=O)n1CCCNC(=O)c1ccc(-c2ccn[nH]2)cc1. The Labute approximate surface area is 145 Å². The summed E-state index contributed by atoms with van der Waals surface area (Å²) in [6.45, 7) is 3.01. The third kappa shape index (κ3) is 4.03. The van der Waals surface area contributed by atoms with E-state index in [-0.39, 0.29) is 11.5 Å². The molecule has 0 aliphatic rings. The zero-order valence-electron chi connectivity index (χ0n) is 14.0. The van der Waals surface area contributed by atoms with Crippen molar-refractivity contribution in [1.29, 1.82) is 0 Å². The second-order valence-electron chi connectivity index (χ2n) is 5.81. The Balaban J connectivity index is 1.52. The molecular formula is C19H20N4O2. The van der Waals surface area contributed by atoms with E-state index >= 15 is 0 Å². The predicted molar refractivity (Wildman–Crippen MR) is 96.4 cm³/mol. The van der Waals surface area contributed by atoms with Crippen molar-refractivity contribution in [1.82, 2.24) is 20.1 Å². The molecule has 6 nitrogen and oxygen atoms in total. The van der Waals surface area contributed by atoms with Crippen LogP contribution in [0.25, 0.3) is 11.3 Å². The van der Waals surface area contributed by atoms with Gasteiger partial charge in [-0.3, -0.25) is 14.7 Å². The molecule has 1 aromatic carbocycles. The molecule has 0 radical (unpaired) electrons. The number of nitrogens with zero attached hydrogens (tertiary/aromatic N) is 2. The minimum Gasteiger partial charge on any atom is -0.352 e. The number of pyridine rings is 1. The summed E-state index contributed by atoms with van der Waals surface area (Å²) in [6, 6.07) is 14.4. The van der Waals surface area contributed by atoms with Crippen LogP contribution in [0, 0.1) is 6.92 Å². The van der Waals surface area contributed by atoms with Gasteiger partial charge in [0.1, 0.15) is 0 Å². The molecule has 3 rings (SSSR count). The molecule has 0 spiro atoms. The second-order valence-corrected chi connectivity index (χ2v) is 5.81. The lowest BCUT2D eigenvalue weighted by molar-refractivity contribution is 0.0952. The van der Waals surface area contributed by atoms with Gasteiger partial charge in [-0.25, -0.2) is 0 Å². The summed E-state index contributed by atoms with van der Waals surface area (Å²) in [5.74, 6) is -0.117. The number of aromatic nitrogens is 3. The molecule has 1 amide bonds. The first kappa shape index (κ1) is 16.7. The molecule has 0 bridgehead atoms. The van der Waals surface area contributed by atoms with E-state index in [4.69, 9.17) is 0 Å². The van der Waals surface area contributed by atoms with Crippen LogP contribution in [0.15, 0.2) is 59.5 Å². The van der Waals surface area contributed by atoms with Gasteiger partial charge >= 0.3 is 0 Å². The molecule has 25 heavy (non-hydrogen) atoms. The van der Waals surface area contributed by atoms with Gasteiger partial charge in [0, 0.05) is 36.6 Å². The summed E-state index contributed by atoms with van der Waals surface area (Å²) < 4.78 is 1.71. The Bertz CT molecular complexity index is 896. The van der Waals surface area contributed by atoms with Crippen molar-refractivity contribution < 1.29 is 4.79 Å². The molecule has 2 aromatic heterocycles. The molecule has 128 valence electrons. The highest BCUT2D eigenvalue weighted by Gasteiger charge is 2.06.